The first-order valence-electron chi connectivity index (χ1n) is 7.44. The van der Waals surface area contributed by atoms with Crippen molar-refractivity contribution in [3.8, 4) is 0 Å². The summed E-state index contributed by atoms with van der Waals surface area (Å²) in [7, 11) is 4.09. The van der Waals surface area contributed by atoms with Gasteiger partial charge in [-0.3, -0.25) is 4.79 Å². The normalized spacial score (nSPS) is 12.5. The number of carbonyl (C=O) groups excluding carboxylic acids is 1. The lowest BCUT2D eigenvalue weighted by Crippen LogP contribution is -2.36. The SMILES string of the molecule is CCNC(=O)c1ccc(N)c(NC(CN(C)C)C(C)C)c1. The number of carbonyl (C=O) groups is 1. The third kappa shape index (κ3) is 5.27. The minimum atomic E-state index is -0.0748. The van der Waals surface area contributed by atoms with Gasteiger partial charge in [-0.1, -0.05) is 13.8 Å². The predicted octanol–water partition coefficient (Wildman–Crippen LogP) is 2.02. The molecule has 0 spiro atoms. The fourth-order valence-electron chi connectivity index (χ4n) is 2.10. The van der Waals surface area contributed by atoms with Crippen LogP contribution in [0.5, 0.6) is 0 Å². The van der Waals surface area contributed by atoms with Gasteiger partial charge >= 0.3 is 0 Å². The van der Waals surface area contributed by atoms with Crippen LogP contribution in [0, 0.1) is 5.92 Å². The zero-order valence-corrected chi connectivity index (χ0v) is 13.7. The zero-order valence-electron chi connectivity index (χ0n) is 13.7. The van der Waals surface area contributed by atoms with Crippen molar-refractivity contribution in [3.63, 3.8) is 0 Å². The first kappa shape index (κ1) is 17.3. The second-order valence-corrected chi connectivity index (χ2v) is 5.92. The largest absolute Gasteiger partial charge is 0.397 e. The Morgan fingerprint density at radius 3 is 2.52 bits per heavy atom. The Balaban J connectivity index is 2.94. The average Bonchev–Trinajstić information content (AvgIpc) is 2.39. The summed E-state index contributed by atoms with van der Waals surface area (Å²) in [5.74, 6) is 0.384. The summed E-state index contributed by atoms with van der Waals surface area (Å²) in [5, 5.41) is 6.27. The second kappa shape index (κ2) is 7.88. The van der Waals surface area contributed by atoms with E-state index in [0.717, 1.165) is 12.2 Å². The fourth-order valence-corrected chi connectivity index (χ4v) is 2.10. The van der Waals surface area contributed by atoms with Crippen LogP contribution in [0.25, 0.3) is 0 Å². The molecular weight excluding hydrogens is 264 g/mol. The molecule has 5 heteroatoms. The van der Waals surface area contributed by atoms with Crippen LogP contribution in [-0.4, -0.2) is 44.0 Å². The number of hydrogen-bond donors (Lipinski definition) is 3. The Bertz CT molecular complexity index is 471. The Morgan fingerprint density at radius 1 is 1.33 bits per heavy atom. The summed E-state index contributed by atoms with van der Waals surface area (Å²) in [4.78, 5) is 14.1. The molecule has 4 N–H and O–H groups in total. The highest BCUT2D eigenvalue weighted by atomic mass is 16.1. The molecular formula is C16H28N4O. The first-order valence-corrected chi connectivity index (χ1v) is 7.44. The third-order valence-corrected chi connectivity index (χ3v) is 3.36. The molecule has 1 atom stereocenters. The van der Waals surface area contributed by atoms with Crippen molar-refractivity contribution >= 4 is 17.3 Å². The van der Waals surface area contributed by atoms with E-state index in [0.29, 0.717) is 23.7 Å². The molecule has 0 aromatic heterocycles. The second-order valence-electron chi connectivity index (χ2n) is 5.92. The standard InChI is InChI=1S/C16H28N4O/c1-6-18-16(21)12-7-8-13(17)14(9-12)19-15(11(2)3)10-20(4)5/h7-9,11,15,19H,6,10,17H2,1-5H3,(H,18,21). The summed E-state index contributed by atoms with van der Waals surface area (Å²) >= 11 is 0. The van der Waals surface area contributed by atoms with Gasteiger partial charge in [0.05, 0.1) is 11.4 Å². The van der Waals surface area contributed by atoms with E-state index in [4.69, 9.17) is 5.73 Å². The van der Waals surface area contributed by atoms with Crippen molar-refractivity contribution in [1.29, 1.82) is 0 Å². The number of benzene rings is 1. The smallest absolute Gasteiger partial charge is 0.251 e. The summed E-state index contributed by atoms with van der Waals surface area (Å²) in [6.45, 7) is 7.76. The highest BCUT2D eigenvalue weighted by Gasteiger charge is 2.16. The van der Waals surface area contributed by atoms with E-state index in [-0.39, 0.29) is 11.9 Å². The first-order chi connectivity index (χ1) is 9.85. The van der Waals surface area contributed by atoms with Crippen molar-refractivity contribution < 1.29 is 4.79 Å². The van der Waals surface area contributed by atoms with Gasteiger partial charge in [0.2, 0.25) is 0 Å². The fraction of sp³-hybridized carbons (Fsp3) is 0.562. The molecule has 0 saturated heterocycles. The molecule has 0 saturated carbocycles. The van der Waals surface area contributed by atoms with Gasteiger partial charge in [0.25, 0.3) is 5.91 Å². The van der Waals surface area contributed by atoms with E-state index < -0.39 is 0 Å². The van der Waals surface area contributed by atoms with Gasteiger partial charge in [0.1, 0.15) is 0 Å². The van der Waals surface area contributed by atoms with E-state index in [1.165, 1.54) is 0 Å². The lowest BCUT2D eigenvalue weighted by atomic mass is 10.0. The van der Waals surface area contributed by atoms with Crippen molar-refractivity contribution in [2.75, 3.05) is 38.2 Å². The Labute approximate surface area is 127 Å². The Morgan fingerprint density at radius 2 is 2.00 bits per heavy atom. The molecule has 0 bridgehead atoms. The van der Waals surface area contributed by atoms with E-state index in [9.17, 15) is 4.79 Å². The molecule has 0 heterocycles. The van der Waals surface area contributed by atoms with E-state index in [1.54, 1.807) is 12.1 Å². The summed E-state index contributed by atoms with van der Waals surface area (Å²) in [6, 6.07) is 5.62. The summed E-state index contributed by atoms with van der Waals surface area (Å²) in [6.07, 6.45) is 0. The predicted molar refractivity (Wildman–Crippen MR) is 89.7 cm³/mol. The number of nitrogens with two attached hydrogens (primary N) is 1. The maximum Gasteiger partial charge on any atom is 0.251 e. The van der Waals surface area contributed by atoms with E-state index >= 15 is 0 Å². The topological polar surface area (TPSA) is 70.4 Å². The van der Waals surface area contributed by atoms with Crippen LogP contribution in [0.3, 0.4) is 0 Å². The Hall–Kier alpha value is -1.75. The lowest BCUT2D eigenvalue weighted by Gasteiger charge is -2.27. The molecule has 0 fully saturated rings. The van der Waals surface area contributed by atoms with Gasteiger partial charge in [0.15, 0.2) is 0 Å². The number of nitrogens with one attached hydrogen (secondary N) is 2. The minimum Gasteiger partial charge on any atom is -0.397 e. The van der Waals surface area contributed by atoms with E-state index in [1.807, 2.05) is 27.1 Å². The van der Waals surface area contributed by atoms with Gasteiger partial charge < -0.3 is 21.3 Å². The van der Waals surface area contributed by atoms with Crippen LogP contribution in [0.1, 0.15) is 31.1 Å². The number of amides is 1. The molecule has 1 aromatic carbocycles. The summed E-state index contributed by atoms with van der Waals surface area (Å²) in [5.41, 5.74) is 8.14. The van der Waals surface area contributed by atoms with Crippen molar-refractivity contribution in [2.45, 2.75) is 26.8 Å². The van der Waals surface area contributed by atoms with Crippen LogP contribution in [0.15, 0.2) is 18.2 Å². The number of hydrogen-bond acceptors (Lipinski definition) is 4. The molecule has 21 heavy (non-hydrogen) atoms. The van der Waals surface area contributed by atoms with Gasteiger partial charge in [-0.25, -0.2) is 0 Å². The highest BCUT2D eigenvalue weighted by Crippen LogP contribution is 2.22. The van der Waals surface area contributed by atoms with Crippen molar-refractivity contribution in [1.82, 2.24) is 10.2 Å². The van der Waals surface area contributed by atoms with Crippen LogP contribution in [0.2, 0.25) is 0 Å². The minimum absolute atomic E-state index is 0.0748. The molecule has 1 amide bonds. The zero-order chi connectivity index (χ0) is 16.0. The number of likely N-dealkylation sites (N-methyl/N-ethyl adjacent to an activating group) is 1. The molecule has 0 aliphatic carbocycles. The van der Waals surface area contributed by atoms with Crippen molar-refractivity contribution in [2.24, 2.45) is 5.92 Å². The summed E-state index contributed by atoms with van der Waals surface area (Å²) < 4.78 is 0. The van der Waals surface area contributed by atoms with Gasteiger partial charge in [-0.2, -0.15) is 0 Å². The van der Waals surface area contributed by atoms with Gasteiger partial charge in [-0.15, -0.1) is 0 Å². The third-order valence-electron chi connectivity index (χ3n) is 3.36. The number of nitrogens with zero attached hydrogens (tertiary/aromatic N) is 1. The molecule has 0 aliphatic rings. The maximum absolute atomic E-state index is 11.9. The molecule has 118 valence electrons. The van der Waals surface area contributed by atoms with Crippen LogP contribution in [0.4, 0.5) is 11.4 Å². The number of anilines is 2. The van der Waals surface area contributed by atoms with Crippen LogP contribution < -0.4 is 16.4 Å². The van der Waals surface area contributed by atoms with Crippen LogP contribution >= 0.6 is 0 Å². The molecule has 1 unspecified atom stereocenters. The maximum atomic E-state index is 11.9. The van der Waals surface area contributed by atoms with Crippen molar-refractivity contribution in [3.05, 3.63) is 23.8 Å². The van der Waals surface area contributed by atoms with Gasteiger partial charge in [0, 0.05) is 24.7 Å². The molecule has 5 nitrogen and oxygen atoms in total. The molecule has 1 rings (SSSR count). The van der Waals surface area contributed by atoms with E-state index in [2.05, 4.69) is 29.4 Å². The molecule has 1 aromatic rings. The van der Waals surface area contributed by atoms with Crippen LogP contribution in [-0.2, 0) is 0 Å². The molecule has 0 radical (unpaired) electrons. The quantitative estimate of drug-likeness (QED) is 0.672. The number of nitrogen functional groups attached to an aromatic ring is 1. The van der Waals surface area contributed by atoms with Gasteiger partial charge in [-0.05, 0) is 45.1 Å². The monoisotopic (exact) mass is 292 g/mol. The lowest BCUT2D eigenvalue weighted by molar-refractivity contribution is 0.0956. The highest BCUT2D eigenvalue weighted by molar-refractivity contribution is 5.96. The molecule has 0 aliphatic heterocycles. The number of rotatable bonds is 7. The Kier molecular flexibility index (Phi) is 6.49. The average molecular weight is 292 g/mol.